The number of piperidine rings is 1. The molecule has 0 atom stereocenters. The molecule has 2 N–H and O–H groups in total. The van der Waals surface area contributed by atoms with E-state index in [9.17, 15) is 21.6 Å². The van der Waals surface area contributed by atoms with Crippen LogP contribution in [0.4, 0.5) is 11.5 Å². The van der Waals surface area contributed by atoms with Crippen LogP contribution in [0.2, 0.25) is 0 Å². The average Bonchev–Trinajstić information content (AvgIpc) is 2.85. The molecule has 0 radical (unpaired) electrons. The lowest BCUT2D eigenvalue weighted by Gasteiger charge is -2.25. The number of sulfonamides is 2. The first-order valence-electron chi connectivity index (χ1n) is 11.1. The summed E-state index contributed by atoms with van der Waals surface area (Å²) in [5, 5.41) is 2.71. The molecule has 0 unspecified atom stereocenters. The average molecular weight is 515 g/mol. The van der Waals surface area contributed by atoms with Crippen molar-refractivity contribution in [2.24, 2.45) is 0 Å². The molecule has 1 aliphatic rings. The minimum absolute atomic E-state index is 0.0282. The number of pyridine rings is 1. The molecule has 1 aromatic heterocycles. The third kappa shape index (κ3) is 6.44. The Morgan fingerprint density at radius 1 is 0.857 bits per heavy atom. The van der Waals surface area contributed by atoms with Crippen LogP contribution < -0.4 is 10.0 Å². The van der Waals surface area contributed by atoms with Crippen molar-refractivity contribution in [3.63, 3.8) is 0 Å². The highest BCUT2D eigenvalue weighted by Gasteiger charge is 2.24. The quantitative estimate of drug-likeness (QED) is 0.474. The van der Waals surface area contributed by atoms with Crippen molar-refractivity contribution in [3.8, 4) is 0 Å². The summed E-state index contributed by atoms with van der Waals surface area (Å²) in [5.41, 5.74) is 1.39. The van der Waals surface area contributed by atoms with Gasteiger partial charge in [0, 0.05) is 30.5 Å². The van der Waals surface area contributed by atoms with E-state index in [1.807, 2.05) is 0 Å². The third-order valence-corrected chi connectivity index (χ3v) is 8.82. The predicted octanol–water partition coefficient (Wildman–Crippen LogP) is 3.45. The number of aromatic nitrogens is 1. The lowest BCUT2D eigenvalue weighted by atomic mass is 10.1. The van der Waals surface area contributed by atoms with Crippen molar-refractivity contribution in [3.05, 3.63) is 84.1 Å². The van der Waals surface area contributed by atoms with Crippen molar-refractivity contribution in [1.82, 2.24) is 9.29 Å². The Morgan fingerprint density at radius 3 is 2.17 bits per heavy atom. The summed E-state index contributed by atoms with van der Waals surface area (Å²) in [6, 6.07) is 17.1. The van der Waals surface area contributed by atoms with Gasteiger partial charge in [0.25, 0.3) is 15.9 Å². The molecule has 9 nitrogen and oxygen atoms in total. The molecule has 0 aliphatic carbocycles. The Hall–Kier alpha value is -3.28. The fourth-order valence-electron chi connectivity index (χ4n) is 3.74. The van der Waals surface area contributed by atoms with E-state index >= 15 is 0 Å². The molecule has 1 saturated heterocycles. The molecule has 1 fully saturated rings. The van der Waals surface area contributed by atoms with Crippen molar-refractivity contribution in [2.75, 3.05) is 23.1 Å². The fraction of sp³-hybridized carbons (Fsp3) is 0.250. The number of nitrogens with zero attached hydrogens (tertiary/aromatic N) is 2. The summed E-state index contributed by atoms with van der Waals surface area (Å²) < 4.78 is 54.2. The van der Waals surface area contributed by atoms with Crippen LogP contribution in [0.3, 0.4) is 0 Å². The first kappa shape index (κ1) is 24.8. The standard InChI is InChI=1S/C24H26N4O5S2/c29-24(20-9-7-19(8-10-20)18-34(30,31)28-16-4-1-5-17-28)26-21-11-13-22(14-12-21)35(32,33)27-23-6-2-3-15-25-23/h2-3,6-15H,1,4-5,16-18H2,(H,25,27)(H,26,29). The van der Waals surface area contributed by atoms with E-state index in [2.05, 4.69) is 15.0 Å². The van der Waals surface area contributed by atoms with Crippen LogP contribution in [-0.4, -0.2) is 45.1 Å². The molecule has 2 aromatic carbocycles. The molecule has 2 heterocycles. The van der Waals surface area contributed by atoms with Crippen molar-refractivity contribution in [1.29, 1.82) is 0 Å². The predicted molar refractivity (Wildman–Crippen MR) is 134 cm³/mol. The zero-order valence-corrected chi connectivity index (χ0v) is 20.6. The molecule has 3 aromatic rings. The van der Waals surface area contributed by atoms with E-state index in [1.54, 1.807) is 42.5 Å². The maximum atomic E-state index is 12.6. The Labute approximate surface area is 205 Å². The molecule has 184 valence electrons. The van der Waals surface area contributed by atoms with Gasteiger partial charge in [0.1, 0.15) is 5.82 Å². The van der Waals surface area contributed by atoms with Crippen molar-refractivity contribution < 1.29 is 21.6 Å². The van der Waals surface area contributed by atoms with Gasteiger partial charge in [-0.05, 0) is 66.9 Å². The smallest absolute Gasteiger partial charge is 0.263 e. The molecule has 1 amide bonds. The largest absolute Gasteiger partial charge is 0.322 e. The van der Waals surface area contributed by atoms with Crippen LogP contribution >= 0.6 is 0 Å². The maximum absolute atomic E-state index is 12.6. The van der Waals surface area contributed by atoms with E-state index in [1.165, 1.54) is 34.8 Å². The molecule has 4 rings (SSSR count). The minimum atomic E-state index is -3.82. The lowest BCUT2D eigenvalue weighted by molar-refractivity contribution is 0.102. The number of nitrogens with one attached hydrogen (secondary N) is 2. The van der Waals surface area contributed by atoms with Gasteiger partial charge in [0.2, 0.25) is 10.0 Å². The number of carbonyl (C=O) groups is 1. The lowest BCUT2D eigenvalue weighted by Crippen LogP contribution is -2.36. The zero-order valence-electron chi connectivity index (χ0n) is 18.9. The molecule has 0 saturated carbocycles. The summed E-state index contributed by atoms with van der Waals surface area (Å²) >= 11 is 0. The first-order valence-corrected chi connectivity index (χ1v) is 14.2. The fourth-order valence-corrected chi connectivity index (χ4v) is 6.36. The Balaban J connectivity index is 1.37. The zero-order chi connectivity index (χ0) is 24.9. The van der Waals surface area contributed by atoms with Crippen LogP contribution in [0, 0.1) is 0 Å². The molecule has 0 spiro atoms. The molecular formula is C24H26N4O5S2. The number of amides is 1. The van der Waals surface area contributed by atoms with E-state index in [0.717, 1.165) is 19.3 Å². The van der Waals surface area contributed by atoms with Gasteiger partial charge in [-0.3, -0.25) is 9.52 Å². The van der Waals surface area contributed by atoms with Gasteiger partial charge in [-0.1, -0.05) is 24.6 Å². The minimum Gasteiger partial charge on any atom is -0.322 e. The Morgan fingerprint density at radius 2 is 1.54 bits per heavy atom. The summed E-state index contributed by atoms with van der Waals surface area (Å²) in [7, 11) is -7.20. The summed E-state index contributed by atoms with van der Waals surface area (Å²) in [4.78, 5) is 16.6. The monoisotopic (exact) mass is 514 g/mol. The number of benzene rings is 2. The third-order valence-electron chi connectivity index (χ3n) is 5.60. The van der Waals surface area contributed by atoms with Gasteiger partial charge < -0.3 is 5.32 Å². The molecule has 35 heavy (non-hydrogen) atoms. The van der Waals surface area contributed by atoms with Gasteiger partial charge >= 0.3 is 0 Å². The normalized spacial score (nSPS) is 14.9. The van der Waals surface area contributed by atoms with Crippen molar-refractivity contribution in [2.45, 2.75) is 29.9 Å². The molecule has 1 aliphatic heterocycles. The SMILES string of the molecule is O=C(Nc1ccc(S(=O)(=O)Nc2ccccn2)cc1)c1ccc(CS(=O)(=O)N2CCCCC2)cc1. The van der Waals surface area contributed by atoms with E-state index < -0.39 is 26.0 Å². The van der Waals surface area contributed by atoms with Crippen LogP contribution in [0.1, 0.15) is 35.2 Å². The van der Waals surface area contributed by atoms with Gasteiger partial charge in [0.05, 0.1) is 10.6 Å². The van der Waals surface area contributed by atoms with Gasteiger partial charge in [-0.15, -0.1) is 0 Å². The molecule has 0 bridgehead atoms. The second-order valence-corrected chi connectivity index (χ2v) is 11.9. The van der Waals surface area contributed by atoms with Crippen molar-refractivity contribution >= 4 is 37.5 Å². The first-order chi connectivity index (χ1) is 16.7. The molecule has 11 heteroatoms. The van der Waals surface area contributed by atoms with Gasteiger partial charge in [-0.2, -0.15) is 0 Å². The number of rotatable bonds is 8. The van der Waals surface area contributed by atoms with E-state index in [-0.39, 0.29) is 16.5 Å². The second-order valence-electron chi connectivity index (χ2n) is 8.21. The van der Waals surface area contributed by atoms with E-state index in [0.29, 0.717) is 29.9 Å². The Bertz CT molecular complexity index is 1370. The number of anilines is 2. The van der Waals surface area contributed by atoms with Crippen LogP contribution in [-0.2, 0) is 25.8 Å². The Kier molecular flexibility index (Phi) is 7.48. The summed E-state index contributed by atoms with van der Waals surface area (Å²) in [6.45, 7) is 1.12. The second kappa shape index (κ2) is 10.5. The van der Waals surface area contributed by atoms with Crippen LogP contribution in [0.25, 0.3) is 0 Å². The number of hydrogen-bond acceptors (Lipinski definition) is 6. The highest BCUT2D eigenvalue weighted by molar-refractivity contribution is 7.92. The van der Waals surface area contributed by atoms with E-state index in [4.69, 9.17) is 0 Å². The molecular weight excluding hydrogens is 488 g/mol. The van der Waals surface area contributed by atoms with Crippen LogP contribution in [0.15, 0.2) is 77.8 Å². The maximum Gasteiger partial charge on any atom is 0.263 e. The number of hydrogen-bond donors (Lipinski definition) is 2. The highest BCUT2D eigenvalue weighted by Crippen LogP contribution is 2.20. The summed E-state index contributed by atoms with van der Waals surface area (Å²) in [6.07, 6.45) is 4.30. The topological polar surface area (TPSA) is 126 Å². The number of carbonyl (C=O) groups excluding carboxylic acids is 1. The van der Waals surface area contributed by atoms with Gasteiger partial charge in [0.15, 0.2) is 0 Å². The van der Waals surface area contributed by atoms with Gasteiger partial charge in [-0.25, -0.2) is 26.1 Å². The van der Waals surface area contributed by atoms with Crippen LogP contribution in [0.5, 0.6) is 0 Å². The highest BCUT2D eigenvalue weighted by atomic mass is 32.2. The summed E-state index contributed by atoms with van der Waals surface area (Å²) in [5.74, 6) is -0.285.